The van der Waals surface area contributed by atoms with Gasteiger partial charge in [0.05, 0.1) is 0 Å². The predicted molar refractivity (Wildman–Crippen MR) is 21.8 cm³/mol. The van der Waals surface area contributed by atoms with E-state index in [1.807, 2.05) is 0 Å². The molecule has 0 aromatic carbocycles. The molecule has 0 unspecified atom stereocenters. The maximum atomic E-state index is 11.1. The summed E-state index contributed by atoms with van der Waals surface area (Å²) in [6.07, 6.45) is -5.47. The molecule has 10 heteroatoms. The molecule has 0 heterocycles. The van der Waals surface area contributed by atoms with E-state index in [2.05, 4.69) is 4.18 Å². The average molecular weight is 216 g/mol. The van der Waals surface area contributed by atoms with E-state index in [1.165, 1.54) is 0 Å². The zero-order valence-electron chi connectivity index (χ0n) is 5.58. The van der Waals surface area contributed by atoms with E-state index in [4.69, 9.17) is 0 Å². The number of rotatable bonds is 1. The molecule has 0 spiro atoms. The number of carbonyl (C=O) groups excluding carboxylic acids is 1. The van der Waals surface area contributed by atoms with Gasteiger partial charge in [-0.3, -0.25) is 0 Å². The zero-order valence-corrected chi connectivity index (χ0v) is 8.40. The van der Waals surface area contributed by atoms with Crippen molar-refractivity contribution >= 4 is 16.4 Å². The molecule has 12 heavy (non-hydrogen) atoms. The van der Waals surface area contributed by atoms with Crippen molar-refractivity contribution < 1.29 is 64.7 Å². The maximum absolute atomic E-state index is 11.1. The second-order valence-electron chi connectivity index (χ2n) is 1.28. The number of hydrogen-bond donors (Lipinski definition) is 0. The smallest absolute Gasteiger partial charge is 0.716 e. The number of carbonyl (C=O) groups is 1. The maximum Gasteiger partial charge on any atom is 1.00 e. The van der Waals surface area contributed by atoms with Crippen LogP contribution in [-0.4, -0.2) is 25.1 Å². The zero-order chi connectivity index (χ0) is 9.28. The third-order valence-electron chi connectivity index (χ3n) is 0.409. The standard InChI is InChI=1S/C2HF3O5S.Na/c3-2(4,5)1(6)10-11(7,8)9;/h(H,7,8,9);/q;+1/p-1. The Morgan fingerprint density at radius 2 is 1.67 bits per heavy atom. The Morgan fingerprint density at radius 3 is 1.75 bits per heavy atom. The van der Waals surface area contributed by atoms with E-state index in [0.717, 1.165) is 0 Å². The molecule has 0 radical (unpaired) electrons. The fraction of sp³-hybridized carbons (Fsp3) is 0.500. The molecule has 0 amide bonds. The van der Waals surface area contributed by atoms with Crippen LogP contribution >= 0.6 is 0 Å². The Kier molecular flexibility index (Phi) is 5.41. The van der Waals surface area contributed by atoms with Gasteiger partial charge in [0.1, 0.15) is 0 Å². The molecular weight excluding hydrogens is 216 g/mol. The Morgan fingerprint density at radius 1 is 1.33 bits per heavy atom. The summed E-state index contributed by atoms with van der Waals surface area (Å²) >= 11 is 0. The Hall–Kier alpha value is 0.170. The van der Waals surface area contributed by atoms with Crippen LogP contribution < -0.4 is 29.6 Å². The third kappa shape index (κ3) is 6.85. The van der Waals surface area contributed by atoms with E-state index in [9.17, 15) is 30.9 Å². The van der Waals surface area contributed by atoms with E-state index in [0.29, 0.717) is 0 Å². The quantitative estimate of drug-likeness (QED) is 0.258. The van der Waals surface area contributed by atoms with Crippen molar-refractivity contribution in [3.8, 4) is 0 Å². The molecule has 0 aliphatic carbocycles. The van der Waals surface area contributed by atoms with Gasteiger partial charge < -0.3 is 8.74 Å². The molecule has 0 aromatic rings. The summed E-state index contributed by atoms with van der Waals surface area (Å²) in [5, 5.41) is 0. The topological polar surface area (TPSA) is 83.5 Å². The molecule has 0 bridgehead atoms. The molecule has 0 saturated carbocycles. The Balaban J connectivity index is 0. The van der Waals surface area contributed by atoms with Crippen LogP contribution in [0.15, 0.2) is 0 Å². The van der Waals surface area contributed by atoms with Crippen LogP contribution in [0.25, 0.3) is 0 Å². The van der Waals surface area contributed by atoms with Crippen molar-refractivity contribution in [3.63, 3.8) is 0 Å². The fourth-order valence-electron chi connectivity index (χ4n) is 0.140. The summed E-state index contributed by atoms with van der Waals surface area (Å²) in [5.41, 5.74) is 0. The van der Waals surface area contributed by atoms with Crippen molar-refractivity contribution in [2.24, 2.45) is 0 Å². The van der Waals surface area contributed by atoms with Crippen LogP contribution in [0.5, 0.6) is 0 Å². The minimum atomic E-state index is -5.63. The second kappa shape index (κ2) is 4.42. The van der Waals surface area contributed by atoms with E-state index < -0.39 is 22.5 Å². The van der Waals surface area contributed by atoms with Crippen molar-refractivity contribution in [2.75, 3.05) is 0 Å². The van der Waals surface area contributed by atoms with E-state index >= 15 is 0 Å². The first-order chi connectivity index (χ1) is 4.63. The van der Waals surface area contributed by atoms with Gasteiger partial charge in [0.2, 0.25) is 0 Å². The van der Waals surface area contributed by atoms with Gasteiger partial charge in [0, 0.05) is 0 Å². The normalized spacial score (nSPS) is 11.7. The number of hydrogen-bond acceptors (Lipinski definition) is 5. The van der Waals surface area contributed by atoms with Gasteiger partial charge in [0.25, 0.3) is 10.4 Å². The number of alkyl halides is 3. The van der Waals surface area contributed by atoms with Crippen molar-refractivity contribution in [1.29, 1.82) is 0 Å². The molecule has 0 atom stereocenters. The summed E-state index contributed by atoms with van der Waals surface area (Å²) in [6.45, 7) is 0. The molecule has 5 nitrogen and oxygen atoms in total. The fourth-order valence-corrected chi connectivity index (χ4v) is 0.420. The van der Waals surface area contributed by atoms with Gasteiger partial charge in [-0.1, -0.05) is 0 Å². The molecule has 0 saturated heterocycles. The first-order valence-electron chi connectivity index (χ1n) is 1.89. The molecule has 66 valence electrons. The van der Waals surface area contributed by atoms with Crippen LogP contribution in [0.2, 0.25) is 0 Å². The monoisotopic (exact) mass is 216 g/mol. The molecule has 0 N–H and O–H groups in total. The Bertz CT molecular complexity index is 254. The van der Waals surface area contributed by atoms with Crippen molar-refractivity contribution in [1.82, 2.24) is 0 Å². The SMILES string of the molecule is O=C(OS(=O)(=O)[O-])C(F)(F)F.[Na+]. The van der Waals surface area contributed by atoms with Gasteiger partial charge in [-0.15, -0.1) is 0 Å². The molecule has 0 rings (SSSR count). The third-order valence-corrected chi connectivity index (χ3v) is 0.765. The first kappa shape index (κ1) is 14.7. The minimum absolute atomic E-state index is 0. The predicted octanol–water partition coefficient (Wildman–Crippen LogP) is -3.44. The van der Waals surface area contributed by atoms with Crippen molar-refractivity contribution in [3.05, 3.63) is 0 Å². The molecule has 0 fully saturated rings. The molecule has 0 aliphatic heterocycles. The van der Waals surface area contributed by atoms with Crippen LogP contribution in [-0.2, 0) is 19.4 Å². The summed E-state index contributed by atoms with van der Waals surface area (Å²) in [6, 6.07) is 0. The van der Waals surface area contributed by atoms with Crippen LogP contribution in [0.1, 0.15) is 0 Å². The van der Waals surface area contributed by atoms with Crippen LogP contribution in [0.4, 0.5) is 13.2 Å². The summed E-state index contributed by atoms with van der Waals surface area (Å²) < 4.78 is 63.9. The average Bonchev–Trinajstić information content (AvgIpc) is 1.56. The largest absolute Gasteiger partial charge is 1.00 e. The summed E-state index contributed by atoms with van der Waals surface area (Å²) in [7, 11) is -5.63. The second-order valence-corrected chi connectivity index (χ2v) is 2.26. The van der Waals surface area contributed by atoms with Gasteiger partial charge in [-0.2, -0.15) is 13.2 Å². The van der Waals surface area contributed by atoms with Gasteiger partial charge in [0.15, 0.2) is 0 Å². The first-order valence-corrected chi connectivity index (χ1v) is 3.23. The molecule has 0 aliphatic rings. The van der Waals surface area contributed by atoms with E-state index in [-0.39, 0.29) is 29.6 Å². The van der Waals surface area contributed by atoms with Crippen molar-refractivity contribution in [2.45, 2.75) is 6.18 Å². The molecular formula is C2F3NaO5S. The van der Waals surface area contributed by atoms with E-state index in [1.54, 1.807) is 0 Å². The summed E-state index contributed by atoms with van der Waals surface area (Å²) in [4.78, 5) is 9.55. The molecule has 0 aromatic heterocycles. The van der Waals surface area contributed by atoms with Gasteiger partial charge >= 0.3 is 41.7 Å². The van der Waals surface area contributed by atoms with Gasteiger partial charge in [-0.05, 0) is 0 Å². The number of halogens is 3. The van der Waals surface area contributed by atoms with Crippen LogP contribution in [0.3, 0.4) is 0 Å². The Labute approximate surface area is 87.1 Å². The summed E-state index contributed by atoms with van der Waals surface area (Å²) in [5.74, 6) is -3.05. The van der Waals surface area contributed by atoms with Crippen LogP contribution in [0, 0.1) is 0 Å². The van der Waals surface area contributed by atoms with Gasteiger partial charge in [-0.25, -0.2) is 13.2 Å². The minimum Gasteiger partial charge on any atom is -0.716 e.